The van der Waals surface area contributed by atoms with Gasteiger partial charge in [-0.1, -0.05) is 30.3 Å². The topological polar surface area (TPSA) is 57.6 Å². The highest BCUT2D eigenvalue weighted by Crippen LogP contribution is 2.21. The smallest absolute Gasteiger partial charge is 0.326 e. The molecule has 1 rings (SSSR count). The third-order valence-corrected chi connectivity index (χ3v) is 3.48. The Bertz CT molecular complexity index is 482. The maximum atomic E-state index is 12.0. The number of alkyl halides is 1. The Kier molecular flexibility index (Phi) is 6.21. The SMILES string of the molecule is CC(C)(C)N(C(=O)CCl)C(CCc1ccccc1)C(=O)O. The van der Waals surface area contributed by atoms with Crippen molar-refractivity contribution in [1.82, 2.24) is 4.90 Å². The van der Waals surface area contributed by atoms with Crippen LogP contribution in [0.1, 0.15) is 32.8 Å². The summed E-state index contributed by atoms with van der Waals surface area (Å²) in [6.07, 6.45) is 0.958. The van der Waals surface area contributed by atoms with E-state index in [0.29, 0.717) is 12.8 Å². The molecular weight excluding hydrogens is 290 g/mol. The lowest BCUT2D eigenvalue weighted by Crippen LogP contribution is -2.55. The summed E-state index contributed by atoms with van der Waals surface area (Å²) in [6, 6.07) is 8.76. The van der Waals surface area contributed by atoms with Gasteiger partial charge in [-0.15, -0.1) is 11.6 Å². The summed E-state index contributed by atoms with van der Waals surface area (Å²) in [6.45, 7) is 5.45. The minimum atomic E-state index is -1.00. The molecule has 0 aliphatic heterocycles. The molecule has 4 nitrogen and oxygen atoms in total. The Morgan fingerprint density at radius 3 is 2.24 bits per heavy atom. The fourth-order valence-electron chi connectivity index (χ4n) is 2.39. The molecule has 1 aromatic rings. The molecule has 0 aliphatic rings. The van der Waals surface area contributed by atoms with Crippen molar-refractivity contribution in [3.63, 3.8) is 0 Å². The molecule has 0 saturated carbocycles. The van der Waals surface area contributed by atoms with Gasteiger partial charge in [0.2, 0.25) is 5.91 Å². The molecule has 0 bridgehead atoms. The normalized spacial score (nSPS) is 12.8. The zero-order chi connectivity index (χ0) is 16.0. The molecule has 1 unspecified atom stereocenters. The van der Waals surface area contributed by atoms with E-state index in [0.717, 1.165) is 5.56 Å². The average Bonchev–Trinajstić information content (AvgIpc) is 2.42. The molecule has 1 N–H and O–H groups in total. The van der Waals surface area contributed by atoms with E-state index in [1.165, 1.54) is 4.90 Å². The van der Waals surface area contributed by atoms with Crippen LogP contribution in [0.3, 0.4) is 0 Å². The molecular formula is C16H22ClNO3. The van der Waals surface area contributed by atoms with Crippen molar-refractivity contribution in [2.45, 2.75) is 45.2 Å². The monoisotopic (exact) mass is 311 g/mol. The van der Waals surface area contributed by atoms with Crippen molar-refractivity contribution in [2.24, 2.45) is 0 Å². The molecule has 0 aromatic heterocycles. The zero-order valence-electron chi connectivity index (χ0n) is 12.7. The molecule has 0 fully saturated rings. The molecule has 0 radical (unpaired) electrons. The minimum absolute atomic E-state index is 0.216. The summed E-state index contributed by atoms with van der Waals surface area (Å²) in [4.78, 5) is 25.0. The first kappa shape index (κ1) is 17.5. The number of rotatable bonds is 6. The Morgan fingerprint density at radius 2 is 1.81 bits per heavy atom. The second-order valence-corrected chi connectivity index (χ2v) is 6.21. The van der Waals surface area contributed by atoms with E-state index in [2.05, 4.69) is 0 Å². The standard InChI is InChI=1S/C16H22ClNO3/c1-16(2,3)18(14(19)11-17)13(15(20)21)10-9-12-7-5-4-6-8-12/h4-8,13H,9-11H2,1-3H3,(H,20,21). The molecule has 116 valence electrons. The minimum Gasteiger partial charge on any atom is -0.480 e. The van der Waals surface area contributed by atoms with Crippen LogP contribution in [0.25, 0.3) is 0 Å². The zero-order valence-corrected chi connectivity index (χ0v) is 13.4. The molecule has 0 aliphatic carbocycles. The number of benzene rings is 1. The van der Waals surface area contributed by atoms with Crippen LogP contribution in [0.5, 0.6) is 0 Å². The van der Waals surface area contributed by atoms with Gasteiger partial charge in [-0.25, -0.2) is 4.79 Å². The lowest BCUT2D eigenvalue weighted by atomic mass is 9.98. The van der Waals surface area contributed by atoms with Crippen LogP contribution in [0.4, 0.5) is 0 Å². The van der Waals surface area contributed by atoms with Gasteiger partial charge in [0.05, 0.1) is 0 Å². The Balaban J connectivity index is 2.92. The van der Waals surface area contributed by atoms with E-state index in [1.807, 2.05) is 51.1 Å². The van der Waals surface area contributed by atoms with Gasteiger partial charge < -0.3 is 10.0 Å². The lowest BCUT2D eigenvalue weighted by molar-refractivity contribution is -0.154. The summed E-state index contributed by atoms with van der Waals surface area (Å²) >= 11 is 5.63. The molecule has 1 amide bonds. The summed E-state index contributed by atoms with van der Waals surface area (Å²) in [5.41, 5.74) is 0.460. The highest BCUT2D eigenvalue weighted by molar-refractivity contribution is 6.27. The van der Waals surface area contributed by atoms with Crippen molar-refractivity contribution in [3.8, 4) is 0 Å². The first-order valence-electron chi connectivity index (χ1n) is 6.92. The van der Waals surface area contributed by atoms with Gasteiger partial charge in [-0.2, -0.15) is 0 Å². The van der Waals surface area contributed by atoms with Crippen LogP contribution < -0.4 is 0 Å². The maximum absolute atomic E-state index is 12.0. The second kappa shape index (κ2) is 7.46. The first-order valence-corrected chi connectivity index (χ1v) is 7.45. The fraction of sp³-hybridized carbons (Fsp3) is 0.500. The summed E-state index contributed by atoms with van der Waals surface area (Å²) < 4.78 is 0. The molecule has 1 atom stereocenters. The van der Waals surface area contributed by atoms with Crippen molar-refractivity contribution in [1.29, 1.82) is 0 Å². The fourth-order valence-corrected chi connectivity index (χ4v) is 2.52. The number of hydrogen-bond donors (Lipinski definition) is 1. The summed E-state index contributed by atoms with van der Waals surface area (Å²) in [5.74, 6) is -1.57. The van der Waals surface area contributed by atoms with E-state index in [4.69, 9.17) is 11.6 Å². The Morgan fingerprint density at radius 1 is 1.24 bits per heavy atom. The Labute approximate surface area is 130 Å². The van der Waals surface area contributed by atoms with Gasteiger partial charge in [-0.3, -0.25) is 4.79 Å². The van der Waals surface area contributed by atoms with Crippen LogP contribution in [0.2, 0.25) is 0 Å². The highest BCUT2D eigenvalue weighted by atomic mass is 35.5. The number of carbonyl (C=O) groups excluding carboxylic acids is 1. The van der Waals surface area contributed by atoms with Gasteiger partial charge >= 0.3 is 5.97 Å². The predicted octanol–water partition coefficient (Wildman–Crippen LogP) is 2.94. The number of aliphatic carboxylic acids is 1. The largest absolute Gasteiger partial charge is 0.480 e. The molecule has 0 saturated heterocycles. The Hall–Kier alpha value is -1.55. The third-order valence-electron chi connectivity index (χ3n) is 3.25. The molecule has 0 heterocycles. The average molecular weight is 312 g/mol. The van der Waals surface area contributed by atoms with Gasteiger partial charge in [0, 0.05) is 5.54 Å². The number of aryl methyl sites for hydroxylation is 1. The molecule has 1 aromatic carbocycles. The van der Waals surface area contributed by atoms with E-state index in [1.54, 1.807) is 0 Å². The van der Waals surface area contributed by atoms with E-state index >= 15 is 0 Å². The van der Waals surface area contributed by atoms with Crippen LogP contribution in [0.15, 0.2) is 30.3 Å². The van der Waals surface area contributed by atoms with Crippen molar-refractivity contribution < 1.29 is 14.7 Å². The molecule has 21 heavy (non-hydrogen) atoms. The van der Waals surface area contributed by atoms with E-state index < -0.39 is 17.6 Å². The highest BCUT2D eigenvalue weighted by Gasteiger charge is 2.36. The van der Waals surface area contributed by atoms with Crippen LogP contribution >= 0.6 is 11.6 Å². The number of hydrogen-bond acceptors (Lipinski definition) is 2. The number of amides is 1. The number of halogens is 1. The van der Waals surface area contributed by atoms with Crippen LogP contribution in [-0.2, 0) is 16.0 Å². The quantitative estimate of drug-likeness (QED) is 0.822. The van der Waals surface area contributed by atoms with Gasteiger partial charge in [0.25, 0.3) is 0 Å². The number of carbonyl (C=O) groups is 2. The number of nitrogens with zero attached hydrogens (tertiary/aromatic N) is 1. The van der Waals surface area contributed by atoms with Crippen molar-refractivity contribution in [3.05, 3.63) is 35.9 Å². The van der Waals surface area contributed by atoms with Gasteiger partial charge in [0.1, 0.15) is 11.9 Å². The first-order chi connectivity index (χ1) is 9.77. The molecule has 5 heteroatoms. The van der Waals surface area contributed by atoms with E-state index in [9.17, 15) is 14.7 Å². The lowest BCUT2D eigenvalue weighted by Gasteiger charge is -2.39. The number of carboxylic acids is 1. The molecule has 0 spiro atoms. The summed E-state index contributed by atoms with van der Waals surface area (Å²) in [7, 11) is 0. The maximum Gasteiger partial charge on any atom is 0.326 e. The van der Waals surface area contributed by atoms with E-state index in [-0.39, 0.29) is 11.8 Å². The van der Waals surface area contributed by atoms with Crippen LogP contribution in [0, 0.1) is 0 Å². The van der Waals surface area contributed by atoms with Crippen molar-refractivity contribution >= 4 is 23.5 Å². The summed E-state index contributed by atoms with van der Waals surface area (Å²) in [5, 5.41) is 9.49. The third kappa shape index (κ3) is 5.05. The second-order valence-electron chi connectivity index (χ2n) is 5.95. The van der Waals surface area contributed by atoms with Gasteiger partial charge in [-0.05, 0) is 39.2 Å². The predicted molar refractivity (Wildman–Crippen MR) is 83.5 cm³/mol. The number of carboxylic acid groups (broad SMARTS) is 1. The van der Waals surface area contributed by atoms with Crippen molar-refractivity contribution in [2.75, 3.05) is 5.88 Å². The van der Waals surface area contributed by atoms with Crippen LogP contribution in [-0.4, -0.2) is 39.3 Å². The van der Waals surface area contributed by atoms with Gasteiger partial charge in [0.15, 0.2) is 0 Å².